The Balaban J connectivity index is 0.748. The van der Waals surface area contributed by atoms with Gasteiger partial charge in [-0.05, 0) is 166 Å². The topological polar surface area (TPSA) is 25.8 Å². The molecule has 0 fully saturated rings. The summed E-state index contributed by atoms with van der Waals surface area (Å²) in [6.07, 6.45) is 1.69. The summed E-state index contributed by atoms with van der Waals surface area (Å²) in [6.45, 7) is 9.38. The van der Waals surface area contributed by atoms with Crippen LogP contribution in [0.4, 0.5) is 0 Å². The Morgan fingerprint density at radius 3 is 0.819 bits per heavy atom. The largest absolute Gasteiger partial charge is 0.236 e. The van der Waals surface area contributed by atoms with Crippen LogP contribution >= 0.6 is 0 Å². The van der Waals surface area contributed by atoms with Crippen LogP contribution in [-0.4, -0.2) is 9.97 Å². The van der Waals surface area contributed by atoms with E-state index in [1.807, 2.05) is 0 Å². The van der Waals surface area contributed by atoms with Crippen molar-refractivity contribution in [3.8, 4) is 112 Å². The minimum atomic E-state index is -0.0405. The molecule has 0 amide bonds. The molecule has 0 atom stereocenters. The average molecular weight is 921 g/mol. The van der Waals surface area contributed by atoms with Crippen LogP contribution in [0, 0.1) is 0 Å². The van der Waals surface area contributed by atoms with Crippen molar-refractivity contribution in [2.45, 2.75) is 38.5 Å². The fraction of sp³-hybridized carbons (Fsp3) is 0.0857. The third-order valence-electron chi connectivity index (χ3n) is 15.6. The number of fused-ring (bicyclic) bond motifs is 6. The molecule has 342 valence electrons. The van der Waals surface area contributed by atoms with E-state index in [2.05, 4.69) is 264 Å². The van der Waals surface area contributed by atoms with Crippen molar-refractivity contribution in [2.24, 2.45) is 0 Å². The zero-order valence-corrected chi connectivity index (χ0v) is 41.0. The van der Waals surface area contributed by atoms with Crippen molar-refractivity contribution in [3.05, 3.63) is 265 Å². The van der Waals surface area contributed by atoms with Gasteiger partial charge in [-0.25, -0.2) is 9.97 Å². The van der Waals surface area contributed by atoms with Gasteiger partial charge in [0, 0.05) is 22.0 Å². The predicted molar refractivity (Wildman–Crippen MR) is 301 cm³/mol. The first kappa shape index (κ1) is 43.3. The van der Waals surface area contributed by atoms with E-state index in [-0.39, 0.29) is 10.8 Å². The van der Waals surface area contributed by atoms with Crippen molar-refractivity contribution in [1.82, 2.24) is 9.97 Å². The van der Waals surface area contributed by atoms with E-state index in [4.69, 9.17) is 9.97 Å². The van der Waals surface area contributed by atoms with Gasteiger partial charge in [-0.15, -0.1) is 0 Å². The summed E-state index contributed by atoms with van der Waals surface area (Å²) < 4.78 is 0. The molecular weight excluding hydrogens is 869 g/mol. The van der Waals surface area contributed by atoms with Crippen molar-refractivity contribution in [1.29, 1.82) is 0 Å². The van der Waals surface area contributed by atoms with Crippen LogP contribution in [0.15, 0.2) is 243 Å². The first-order chi connectivity index (χ1) is 35.2. The lowest BCUT2D eigenvalue weighted by Crippen LogP contribution is -2.14. The minimum absolute atomic E-state index is 0.0405. The Labute approximate surface area is 423 Å². The zero-order valence-electron chi connectivity index (χ0n) is 41.0. The van der Waals surface area contributed by atoms with Crippen LogP contribution in [0.3, 0.4) is 0 Å². The maximum atomic E-state index is 4.79. The lowest BCUT2D eigenvalue weighted by atomic mass is 9.81. The van der Waals surface area contributed by atoms with Crippen LogP contribution in [0.25, 0.3) is 112 Å². The quantitative estimate of drug-likeness (QED) is 0.152. The first-order valence-corrected chi connectivity index (χ1v) is 25.1. The number of aromatic nitrogens is 2. The molecule has 0 saturated carbocycles. The molecule has 2 aliphatic carbocycles. The van der Waals surface area contributed by atoms with Crippen LogP contribution < -0.4 is 0 Å². The molecule has 2 heteroatoms. The van der Waals surface area contributed by atoms with E-state index in [0.29, 0.717) is 0 Å². The molecule has 10 aromatic carbocycles. The fourth-order valence-corrected chi connectivity index (χ4v) is 11.7. The third kappa shape index (κ3) is 7.42. The number of hydrogen-bond acceptors (Lipinski definition) is 2. The summed E-state index contributed by atoms with van der Waals surface area (Å²) in [6, 6.07) is 86.8. The second kappa shape index (κ2) is 17.0. The molecule has 2 aliphatic rings. The first-order valence-electron chi connectivity index (χ1n) is 25.1. The third-order valence-corrected chi connectivity index (χ3v) is 15.6. The van der Waals surface area contributed by atoms with Gasteiger partial charge in [-0.3, -0.25) is 0 Å². The zero-order chi connectivity index (χ0) is 48.6. The molecule has 0 radical (unpaired) electrons. The van der Waals surface area contributed by atoms with Crippen LogP contribution in [0.1, 0.15) is 49.9 Å². The van der Waals surface area contributed by atoms with Crippen molar-refractivity contribution in [2.75, 3.05) is 0 Å². The highest BCUT2D eigenvalue weighted by Crippen LogP contribution is 2.51. The van der Waals surface area contributed by atoms with Gasteiger partial charge in [0.05, 0.1) is 11.4 Å². The van der Waals surface area contributed by atoms with Gasteiger partial charge in [-0.1, -0.05) is 210 Å². The van der Waals surface area contributed by atoms with Gasteiger partial charge in [0.1, 0.15) is 6.33 Å². The van der Waals surface area contributed by atoms with E-state index in [1.54, 1.807) is 6.33 Å². The number of rotatable bonds is 8. The van der Waals surface area contributed by atoms with Gasteiger partial charge in [0.15, 0.2) is 0 Å². The van der Waals surface area contributed by atoms with Crippen LogP contribution in [-0.2, 0) is 10.8 Å². The highest BCUT2D eigenvalue weighted by molar-refractivity contribution is 5.87. The van der Waals surface area contributed by atoms with Crippen molar-refractivity contribution < 1.29 is 0 Å². The second-order valence-corrected chi connectivity index (χ2v) is 20.6. The molecule has 2 nitrogen and oxygen atoms in total. The predicted octanol–water partition coefficient (Wildman–Crippen LogP) is 18.4. The Morgan fingerprint density at radius 2 is 0.486 bits per heavy atom. The van der Waals surface area contributed by atoms with Gasteiger partial charge >= 0.3 is 0 Å². The summed E-state index contributed by atoms with van der Waals surface area (Å²) in [4.78, 5) is 9.59. The molecular formula is C70H52N2. The fourth-order valence-electron chi connectivity index (χ4n) is 11.7. The molecule has 0 aliphatic heterocycles. The Bertz CT molecular complexity index is 3690. The Morgan fingerprint density at radius 1 is 0.222 bits per heavy atom. The van der Waals surface area contributed by atoms with Crippen LogP contribution in [0.5, 0.6) is 0 Å². The molecule has 0 unspecified atom stereocenters. The van der Waals surface area contributed by atoms with Crippen molar-refractivity contribution in [3.63, 3.8) is 0 Å². The van der Waals surface area contributed by atoms with Gasteiger partial charge in [-0.2, -0.15) is 0 Å². The van der Waals surface area contributed by atoms with Gasteiger partial charge in [0.25, 0.3) is 0 Å². The van der Waals surface area contributed by atoms with E-state index in [1.165, 1.54) is 89.0 Å². The molecule has 1 heterocycles. The number of hydrogen-bond donors (Lipinski definition) is 0. The maximum absolute atomic E-state index is 4.79. The number of nitrogens with zero attached hydrogens (tertiary/aromatic N) is 2. The molecule has 72 heavy (non-hydrogen) atoms. The summed E-state index contributed by atoms with van der Waals surface area (Å²) in [5.41, 5.74) is 29.0. The van der Waals surface area contributed by atoms with Gasteiger partial charge in [0.2, 0.25) is 0 Å². The SMILES string of the molecule is CC1(C)c2ccccc2-c2ccc(-c3cccc(-c4cccc(-c5cccc(-c6cc(-c7cccc(-c8cccc(-c9cccc(-c%10ccc%11c(c%10)C(C)(C)c%10ccccc%10-%11)c9)c8)c7)ncn6)c5)c4)c3)cc21. The van der Waals surface area contributed by atoms with E-state index in [9.17, 15) is 0 Å². The summed E-state index contributed by atoms with van der Waals surface area (Å²) in [5.74, 6) is 0. The maximum Gasteiger partial charge on any atom is 0.116 e. The summed E-state index contributed by atoms with van der Waals surface area (Å²) in [5, 5.41) is 0. The molecule has 1 aromatic heterocycles. The Kier molecular flexibility index (Phi) is 10.2. The molecule has 0 saturated heterocycles. The lowest BCUT2D eigenvalue weighted by Gasteiger charge is -2.22. The smallest absolute Gasteiger partial charge is 0.116 e. The monoisotopic (exact) mass is 920 g/mol. The number of benzene rings is 10. The van der Waals surface area contributed by atoms with E-state index >= 15 is 0 Å². The second-order valence-electron chi connectivity index (χ2n) is 20.6. The van der Waals surface area contributed by atoms with E-state index < -0.39 is 0 Å². The average Bonchev–Trinajstić information content (AvgIpc) is 3.82. The van der Waals surface area contributed by atoms with Crippen LogP contribution in [0.2, 0.25) is 0 Å². The summed E-state index contributed by atoms with van der Waals surface area (Å²) in [7, 11) is 0. The highest BCUT2D eigenvalue weighted by atomic mass is 14.8. The van der Waals surface area contributed by atoms with Crippen molar-refractivity contribution >= 4 is 0 Å². The summed E-state index contributed by atoms with van der Waals surface area (Å²) >= 11 is 0. The Hall–Kier alpha value is -8.72. The minimum Gasteiger partial charge on any atom is -0.236 e. The lowest BCUT2D eigenvalue weighted by molar-refractivity contribution is 0.660. The molecule has 11 aromatic rings. The molecule has 13 rings (SSSR count). The van der Waals surface area contributed by atoms with Gasteiger partial charge < -0.3 is 0 Å². The molecule has 0 bridgehead atoms. The molecule has 0 spiro atoms. The standard InChI is InChI=1S/C70H52N2/c1-69(2)63-29-7-5-27-59(63)61-33-31-55(41-65(61)69)51-21-11-17-47(37-51)45-15-9-19-49(35-45)53-23-13-25-57(39-53)67-43-68(72-44-71-67)58-26-14-24-54(40-58)50-20-10-16-46(36-50)48-18-12-22-52(38-48)56-32-34-62-60-28-6-8-30-64(60)70(3,4)66(62)42-56/h5-44H,1-4H3. The molecule has 0 N–H and O–H groups in total. The highest BCUT2D eigenvalue weighted by Gasteiger charge is 2.36. The normalized spacial score (nSPS) is 13.5. The van der Waals surface area contributed by atoms with E-state index in [0.717, 1.165) is 44.8 Å².